The number of hydrogen-bond acceptors (Lipinski definition) is 4. The number of nitrogens with one attached hydrogen (secondary N) is 2. The van der Waals surface area contributed by atoms with Crippen LogP contribution in [0, 0.1) is 0 Å². The van der Waals surface area contributed by atoms with Crippen LogP contribution in [0.3, 0.4) is 0 Å². The summed E-state index contributed by atoms with van der Waals surface area (Å²) < 4.78 is 28.1. The molecule has 22 heavy (non-hydrogen) atoms. The number of rotatable bonds is 8. The number of ether oxygens (including phenoxy) is 1. The maximum Gasteiger partial charge on any atom is 0.191 e. The van der Waals surface area contributed by atoms with Crippen molar-refractivity contribution in [3.63, 3.8) is 0 Å². The van der Waals surface area contributed by atoms with Gasteiger partial charge in [0.25, 0.3) is 0 Å². The van der Waals surface area contributed by atoms with Gasteiger partial charge < -0.3 is 15.4 Å². The minimum atomic E-state index is -2.95. The average molecular weight is 333 g/mol. The molecule has 0 aromatic heterocycles. The summed E-state index contributed by atoms with van der Waals surface area (Å²) in [5, 5.41) is 6.14. The molecule has 7 heteroatoms. The van der Waals surface area contributed by atoms with Gasteiger partial charge in [-0.05, 0) is 19.8 Å². The van der Waals surface area contributed by atoms with Crippen molar-refractivity contribution in [3.05, 3.63) is 0 Å². The van der Waals surface area contributed by atoms with Gasteiger partial charge in [0, 0.05) is 19.3 Å². The van der Waals surface area contributed by atoms with Crippen molar-refractivity contribution in [1.29, 1.82) is 0 Å². The zero-order valence-corrected chi connectivity index (χ0v) is 14.8. The Balaban J connectivity index is 2.25. The summed E-state index contributed by atoms with van der Waals surface area (Å²) in [4.78, 5) is 4.42. The topological polar surface area (TPSA) is 79.8 Å². The van der Waals surface area contributed by atoms with Crippen LogP contribution in [0.2, 0.25) is 0 Å². The zero-order valence-electron chi connectivity index (χ0n) is 13.9. The normalized spacial score (nSPS) is 18.0. The van der Waals surface area contributed by atoms with Crippen molar-refractivity contribution in [3.8, 4) is 0 Å². The van der Waals surface area contributed by atoms with E-state index in [1.807, 2.05) is 6.92 Å². The molecule has 0 aromatic carbocycles. The second kappa shape index (κ2) is 10.8. The first kappa shape index (κ1) is 19.2. The molecule has 1 saturated carbocycles. The minimum Gasteiger partial charge on any atom is -0.376 e. The van der Waals surface area contributed by atoms with Gasteiger partial charge in [-0.25, -0.2) is 8.42 Å². The molecule has 0 aliphatic heterocycles. The fraction of sp³-hybridized carbons (Fsp3) is 0.933. The second-order valence-electron chi connectivity index (χ2n) is 5.80. The van der Waals surface area contributed by atoms with Crippen molar-refractivity contribution < 1.29 is 13.2 Å². The van der Waals surface area contributed by atoms with Gasteiger partial charge in [-0.2, -0.15) is 0 Å². The molecule has 0 unspecified atom stereocenters. The predicted molar refractivity (Wildman–Crippen MR) is 91.1 cm³/mol. The lowest BCUT2D eigenvalue weighted by Crippen LogP contribution is -2.39. The number of sulfone groups is 1. The van der Waals surface area contributed by atoms with Gasteiger partial charge in [0.2, 0.25) is 0 Å². The van der Waals surface area contributed by atoms with Crippen molar-refractivity contribution in [2.24, 2.45) is 4.99 Å². The molecule has 6 nitrogen and oxygen atoms in total. The van der Waals surface area contributed by atoms with E-state index in [9.17, 15) is 8.42 Å². The molecule has 130 valence electrons. The standard InChI is InChI=1S/C15H31N3O3S/c1-3-16-15(18-11-13-22(2,19)20)17-10-12-21-14-8-6-4-5-7-9-14/h14H,3-13H2,1-2H3,(H2,16,17,18). The minimum absolute atomic E-state index is 0.107. The van der Waals surface area contributed by atoms with E-state index in [2.05, 4.69) is 15.6 Å². The Morgan fingerprint density at radius 3 is 2.45 bits per heavy atom. The predicted octanol–water partition coefficient (Wildman–Crippen LogP) is 1.33. The SMILES string of the molecule is CCNC(=NCCOC1CCCCCC1)NCCS(C)(=O)=O. The Kier molecular flexibility index (Phi) is 9.47. The first-order valence-electron chi connectivity index (χ1n) is 8.33. The van der Waals surface area contributed by atoms with Gasteiger partial charge in [0.05, 0.1) is 25.0 Å². The number of aliphatic imine (C=N–C) groups is 1. The highest BCUT2D eigenvalue weighted by molar-refractivity contribution is 7.90. The highest BCUT2D eigenvalue weighted by atomic mass is 32.2. The van der Waals surface area contributed by atoms with Crippen molar-refractivity contribution >= 4 is 15.8 Å². The lowest BCUT2D eigenvalue weighted by molar-refractivity contribution is 0.0487. The monoisotopic (exact) mass is 333 g/mol. The van der Waals surface area contributed by atoms with Crippen molar-refractivity contribution in [1.82, 2.24) is 10.6 Å². The van der Waals surface area contributed by atoms with E-state index in [4.69, 9.17) is 4.74 Å². The number of hydrogen-bond donors (Lipinski definition) is 2. The molecule has 0 saturated heterocycles. The average Bonchev–Trinajstić information content (AvgIpc) is 2.71. The summed E-state index contributed by atoms with van der Waals surface area (Å²) >= 11 is 0. The van der Waals surface area contributed by atoms with E-state index in [1.54, 1.807) is 0 Å². The Labute approximate surface area is 135 Å². The molecule has 0 amide bonds. The molecule has 0 radical (unpaired) electrons. The fourth-order valence-electron chi connectivity index (χ4n) is 2.48. The lowest BCUT2D eigenvalue weighted by atomic mass is 10.1. The maximum atomic E-state index is 11.1. The van der Waals surface area contributed by atoms with Crippen LogP contribution < -0.4 is 10.6 Å². The van der Waals surface area contributed by atoms with Crippen LogP contribution in [0.25, 0.3) is 0 Å². The lowest BCUT2D eigenvalue weighted by Gasteiger charge is -2.15. The third-order valence-corrected chi connectivity index (χ3v) is 4.57. The van der Waals surface area contributed by atoms with Crippen molar-refractivity contribution in [2.45, 2.75) is 51.6 Å². The fourth-order valence-corrected chi connectivity index (χ4v) is 2.95. The van der Waals surface area contributed by atoms with Crippen LogP contribution in [0.1, 0.15) is 45.4 Å². The maximum absolute atomic E-state index is 11.1. The molecule has 0 aromatic rings. The summed E-state index contributed by atoms with van der Waals surface area (Å²) in [5.41, 5.74) is 0. The largest absolute Gasteiger partial charge is 0.376 e. The van der Waals surface area contributed by atoms with Crippen LogP contribution in [0.15, 0.2) is 4.99 Å². The van der Waals surface area contributed by atoms with E-state index in [-0.39, 0.29) is 5.75 Å². The van der Waals surface area contributed by atoms with Crippen LogP contribution in [0.5, 0.6) is 0 Å². The summed E-state index contributed by atoms with van der Waals surface area (Å²) in [7, 11) is -2.95. The van der Waals surface area contributed by atoms with Crippen LogP contribution in [-0.4, -0.2) is 58.7 Å². The molecule has 0 atom stereocenters. The summed E-state index contributed by atoms with van der Waals surface area (Å²) in [6.45, 7) is 4.30. The zero-order chi connectivity index (χ0) is 16.3. The van der Waals surface area contributed by atoms with Gasteiger partial charge in [0.15, 0.2) is 5.96 Å². The van der Waals surface area contributed by atoms with Gasteiger partial charge in [0.1, 0.15) is 9.84 Å². The van der Waals surface area contributed by atoms with Gasteiger partial charge in [-0.15, -0.1) is 0 Å². The summed E-state index contributed by atoms with van der Waals surface area (Å²) in [6, 6.07) is 0. The Bertz CT molecular complexity index is 416. The molecule has 0 heterocycles. The highest BCUT2D eigenvalue weighted by Crippen LogP contribution is 2.19. The number of guanidine groups is 1. The van der Waals surface area contributed by atoms with Gasteiger partial charge in [-0.3, -0.25) is 4.99 Å². The van der Waals surface area contributed by atoms with Crippen LogP contribution >= 0.6 is 0 Å². The summed E-state index contributed by atoms with van der Waals surface area (Å²) in [6.07, 6.45) is 9.14. The smallest absolute Gasteiger partial charge is 0.191 e. The van der Waals surface area contributed by atoms with Crippen LogP contribution in [0.4, 0.5) is 0 Å². The van der Waals surface area contributed by atoms with E-state index < -0.39 is 9.84 Å². The molecule has 2 N–H and O–H groups in total. The van der Waals surface area contributed by atoms with Gasteiger partial charge in [-0.1, -0.05) is 25.7 Å². The van der Waals surface area contributed by atoms with E-state index in [0.29, 0.717) is 31.8 Å². The Morgan fingerprint density at radius 1 is 1.18 bits per heavy atom. The molecule has 1 aliphatic rings. The number of nitrogens with zero attached hydrogens (tertiary/aromatic N) is 1. The quantitative estimate of drug-likeness (QED) is 0.303. The van der Waals surface area contributed by atoms with Crippen LogP contribution in [-0.2, 0) is 14.6 Å². The van der Waals surface area contributed by atoms with Crippen molar-refractivity contribution in [2.75, 3.05) is 38.2 Å². The van der Waals surface area contributed by atoms with Gasteiger partial charge >= 0.3 is 0 Å². The molecule has 0 bridgehead atoms. The Hall–Kier alpha value is -0.820. The third-order valence-electron chi connectivity index (χ3n) is 3.63. The first-order chi connectivity index (χ1) is 10.5. The molecule has 1 fully saturated rings. The highest BCUT2D eigenvalue weighted by Gasteiger charge is 2.11. The molecule has 1 aliphatic carbocycles. The molecule has 0 spiro atoms. The van der Waals surface area contributed by atoms with E-state index in [1.165, 1.54) is 31.9 Å². The molecular formula is C15H31N3O3S. The third kappa shape index (κ3) is 10.00. The van der Waals surface area contributed by atoms with E-state index in [0.717, 1.165) is 19.4 Å². The van der Waals surface area contributed by atoms with E-state index >= 15 is 0 Å². The second-order valence-corrected chi connectivity index (χ2v) is 8.06. The molecular weight excluding hydrogens is 302 g/mol. The molecule has 1 rings (SSSR count). The Morgan fingerprint density at radius 2 is 1.86 bits per heavy atom. The first-order valence-corrected chi connectivity index (χ1v) is 10.4. The summed E-state index contributed by atoms with van der Waals surface area (Å²) in [5.74, 6) is 0.756.